The van der Waals surface area contributed by atoms with Gasteiger partial charge in [-0.15, -0.1) is 0 Å². The van der Waals surface area contributed by atoms with E-state index in [1.54, 1.807) is 0 Å². The molecule has 0 aromatic carbocycles. The van der Waals surface area contributed by atoms with Crippen LogP contribution in [0.25, 0.3) is 0 Å². The predicted octanol–water partition coefficient (Wildman–Crippen LogP) is 1.93. The molecule has 56 valence electrons. The van der Waals surface area contributed by atoms with Crippen LogP contribution in [0.1, 0.15) is 20.8 Å². The third-order valence-corrected chi connectivity index (χ3v) is 2.05. The molecule has 0 aromatic rings. The summed E-state index contributed by atoms with van der Waals surface area (Å²) in [5.74, 6) is 0. The Bertz CT molecular complexity index is 57.0. The lowest BCUT2D eigenvalue weighted by molar-refractivity contribution is 0.363. The van der Waals surface area contributed by atoms with Crippen LogP contribution in [-0.4, -0.2) is 24.0 Å². The van der Waals surface area contributed by atoms with Crippen molar-refractivity contribution in [1.82, 2.24) is 4.31 Å². The highest BCUT2D eigenvalue weighted by Gasteiger charge is 1.96. The molecular formula is C6H15NOS. The molecule has 9 heavy (non-hydrogen) atoms. The van der Waals surface area contributed by atoms with E-state index in [1.165, 1.54) is 12.2 Å². The van der Waals surface area contributed by atoms with E-state index in [9.17, 15) is 0 Å². The normalized spacial score (nSPS) is 10.7. The van der Waals surface area contributed by atoms with E-state index in [4.69, 9.17) is 4.18 Å². The molecule has 0 aliphatic rings. The molecule has 0 spiro atoms. The molecule has 0 radical (unpaired) electrons. The Morgan fingerprint density at radius 3 is 2.11 bits per heavy atom. The average molecular weight is 149 g/mol. The number of hydrogen-bond acceptors (Lipinski definition) is 3. The van der Waals surface area contributed by atoms with Crippen LogP contribution in [0.5, 0.6) is 0 Å². The Kier molecular flexibility index (Phi) is 6.58. The quantitative estimate of drug-likeness (QED) is 0.438. The van der Waals surface area contributed by atoms with E-state index in [2.05, 4.69) is 18.2 Å². The van der Waals surface area contributed by atoms with Gasteiger partial charge in [0.15, 0.2) is 0 Å². The van der Waals surface area contributed by atoms with E-state index in [1.807, 2.05) is 6.92 Å². The Morgan fingerprint density at radius 2 is 1.78 bits per heavy atom. The zero-order chi connectivity index (χ0) is 7.11. The fourth-order valence-corrected chi connectivity index (χ4v) is 0.922. The van der Waals surface area contributed by atoms with Gasteiger partial charge in [-0.05, 0) is 6.92 Å². The summed E-state index contributed by atoms with van der Waals surface area (Å²) < 4.78 is 7.28. The van der Waals surface area contributed by atoms with Crippen LogP contribution in [0, 0.1) is 0 Å². The third kappa shape index (κ3) is 4.75. The lowest BCUT2D eigenvalue weighted by Gasteiger charge is -2.13. The highest BCUT2D eigenvalue weighted by atomic mass is 32.2. The van der Waals surface area contributed by atoms with Crippen LogP contribution >= 0.6 is 12.2 Å². The first-order valence-electron chi connectivity index (χ1n) is 3.39. The second-order valence-electron chi connectivity index (χ2n) is 1.60. The average Bonchev–Trinajstić information content (AvgIpc) is 1.91. The number of rotatable bonds is 5. The molecule has 0 bridgehead atoms. The fourth-order valence-electron chi connectivity index (χ4n) is 0.456. The van der Waals surface area contributed by atoms with Crippen LogP contribution in [0.15, 0.2) is 0 Å². The summed E-state index contributed by atoms with van der Waals surface area (Å²) in [4.78, 5) is 0. The van der Waals surface area contributed by atoms with Gasteiger partial charge >= 0.3 is 0 Å². The Morgan fingerprint density at radius 1 is 1.22 bits per heavy atom. The maximum absolute atomic E-state index is 5.12. The highest BCUT2D eigenvalue weighted by molar-refractivity contribution is 7.92. The maximum Gasteiger partial charge on any atom is 0.0818 e. The zero-order valence-corrected chi connectivity index (χ0v) is 7.20. The first-order chi connectivity index (χ1) is 4.35. The smallest absolute Gasteiger partial charge is 0.0818 e. The third-order valence-electron chi connectivity index (χ3n) is 0.981. The van der Waals surface area contributed by atoms with Crippen molar-refractivity contribution in [2.75, 3.05) is 19.7 Å². The lowest BCUT2D eigenvalue weighted by atomic mass is 10.7. The van der Waals surface area contributed by atoms with E-state index < -0.39 is 0 Å². The van der Waals surface area contributed by atoms with Crippen molar-refractivity contribution < 1.29 is 4.18 Å². The number of hydrogen-bond donors (Lipinski definition) is 0. The molecule has 0 heterocycles. The largest absolute Gasteiger partial charge is 0.301 e. The van der Waals surface area contributed by atoms with Crippen LogP contribution in [-0.2, 0) is 4.18 Å². The van der Waals surface area contributed by atoms with E-state index in [-0.39, 0.29) is 0 Å². The SMILES string of the molecule is CCOSN(CC)CC. The first-order valence-corrected chi connectivity index (χ1v) is 4.09. The Labute approximate surface area is 61.9 Å². The predicted molar refractivity (Wildman–Crippen MR) is 42.1 cm³/mol. The molecule has 0 saturated heterocycles. The summed E-state index contributed by atoms with van der Waals surface area (Å²) in [5, 5.41) is 0. The van der Waals surface area contributed by atoms with Gasteiger partial charge in [-0.25, -0.2) is 4.31 Å². The number of nitrogens with zero attached hydrogens (tertiary/aromatic N) is 1. The van der Waals surface area contributed by atoms with E-state index in [0.29, 0.717) is 0 Å². The van der Waals surface area contributed by atoms with Crippen molar-refractivity contribution in [2.24, 2.45) is 0 Å². The molecule has 0 aromatic heterocycles. The second kappa shape index (κ2) is 6.39. The van der Waals surface area contributed by atoms with Crippen LogP contribution in [0.4, 0.5) is 0 Å². The van der Waals surface area contributed by atoms with Gasteiger partial charge in [0.2, 0.25) is 0 Å². The molecule has 0 aliphatic carbocycles. The molecule has 0 amide bonds. The van der Waals surface area contributed by atoms with Crippen molar-refractivity contribution in [3.63, 3.8) is 0 Å². The van der Waals surface area contributed by atoms with E-state index in [0.717, 1.165) is 19.7 Å². The molecule has 0 N–H and O–H groups in total. The summed E-state index contributed by atoms with van der Waals surface area (Å²) in [7, 11) is 0. The van der Waals surface area contributed by atoms with Crippen molar-refractivity contribution in [3.05, 3.63) is 0 Å². The summed E-state index contributed by atoms with van der Waals surface area (Å²) in [5.41, 5.74) is 0. The van der Waals surface area contributed by atoms with Gasteiger partial charge in [-0.3, -0.25) is 0 Å². The van der Waals surface area contributed by atoms with Crippen molar-refractivity contribution in [3.8, 4) is 0 Å². The van der Waals surface area contributed by atoms with Gasteiger partial charge in [-0.2, -0.15) is 0 Å². The molecule has 2 nitrogen and oxygen atoms in total. The summed E-state index contributed by atoms with van der Waals surface area (Å²) in [6.45, 7) is 9.10. The molecule has 0 rings (SSSR count). The maximum atomic E-state index is 5.12. The molecule has 0 saturated carbocycles. The summed E-state index contributed by atoms with van der Waals surface area (Å²) in [6.07, 6.45) is 0. The van der Waals surface area contributed by atoms with Crippen molar-refractivity contribution >= 4 is 12.2 Å². The topological polar surface area (TPSA) is 12.5 Å². The molecule has 0 aliphatic heterocycles. The van der Waals surface area contributed by atoms with Crippen LogP contribution < -0.4 is 0 Å². The van der Waals surface area contributed by atoms with Gasteiger partial charge in [0, 0.05) is 13.1 Å². The van der Waals surface area contributed by atoms with Gasteiger partial charge in [0.05, 0.1) is 18.8 Å². The minimum absolute atomic E-state index is 0.779. The van der Waals surface area contributed by atoms with Gasteiger partial charge in [0.1, 0.15) is 0 Å². The monoisotopic (exact) mass is 149 g/mol. The molecule has 0 atom stereocenters. The van der Waals surface area contributed by atoms with Gasteiger partial charge in [0.25, 0.3) is 0 Å². The standard InChI is InChI=1S/C6H15NOS/c1-4-7(5-2)9-8-6-3/h4-6H2,1-3H3. The lowest BCUT2D eigenvalue weighted by Crippen LogP contribution is -2.14. The van der Waals surface area contributed by atoms with Crippen molar-refractivity contribution in [1.29, 1.82) is 0 Å². The molecule has 0 unspecified atom stereocenters. The van der Waals surface area contributed by atoms with Crippen LogP contribution in [0.2, 0.25) is 0 Å². The molecular weight excluding hydrogens is 134 g/mol. The van der Waals surface area contributed by atoms with Gasteiger partial charge in [-0.1, -0.05) is 13.8 Å². The van der Waals surface area contributed by atoms with Crippen molar-refractivity contribution in [2.45, 2.75) is 20.8 Å². The first kappa shape index (κ1) is 9.27. The zero-order valence-electron chi connectivity index (χ0n) is 6.39. The highest BCUT2D eigenvalue weighted by Crippen LogP contribution is 2.08. The Balaban J connectivity index is 3.09. The van der Waals surface area contributed by atoms with E-state index >= 15 is 0 Å². The summed E-state index contributed by atoms with van der Waals surface area (Å²) >= 11 is 1.45. The van der Waals surface area contributed by atoms with Crippen LogP contribution in [0.3, 0.4) is 0 Å². The minimum atomic E-state index is 0.779. The minimum Gasteiger partial charge on any atom is -0.301 e. The summed E-state index contributed by atoms with van der Waals surface area (Å²) in [6, 6.07) is 0. The van der Waals surface area contributed by atoms with Gasteiger partial charge < -0.3 is 4.18 Å². The second-order valence-corrected chi connectivity index (χ2v) is 2.50. The molecule has 0 fully saturated rings. The fraction of sp³-hybridized carbons (Fsp3) is 1.00. The Hall–Kier alpha value is 0.270. The molecule has 3 heteroatoms.